The van der Waals surface area contributed by atoms with Gasteiger partial charge in [-0.05, 0) is 52.0 Å². The Balaban J connectivity index is 1.70. The van der Waals surface area contributed by atoms with Gasteiger partial charge in [0, 0.05) is 18.4 Å². The van der Waals surface area contributed by atoms with E-state index in [4.69, 9.17) is 9.72 Å². The molecule has 162 valence electrons. The summed E-state index contributed by atoms with van der Waals surface area (Å²) in [6, 6.07) is 12.8. The third kappa shape index (κ3) is 3.52. The minimum Gasteiger partial charge on any atom is -0.476 e. The van der Waals surface area contributed by atoms with Crippen molar-refractivity contribution in [3.8, 4) is 17.6 Å². The van der Waals surface area contributed by atoms with E-state index in [1.165, 1.54) is 6.07 Å². The summed E-state index contributed by atoms with van der Waals surface area (Å²) >= 11 is 0. The lowest BCUT2D eigenvalue weighted by atomic mass is 9.97. The van der Waals surface area contributed by atoms with Gasteiger partial charge >= 0.3 is 0 Å². The Hall–Kier alpha value is -3.66. The standard InChI is InChI=1S/C25H24FN5O/c1-16-28-29-24-27-23(22-18(26)8-7-10-20(22)31(16)24)30-15-13-17(12-14-25(2,3)4)32-21-11-6-5-9-19(21)30/h5-11,17H,13,15H2,1-4H3. The highest BCUT2D eigenvalue weighted by Crippen LogP contribution is 2.40. The summed E-state index contributed by atoms with van der Waals surface area (Å²) in [5.74, 6) is 8.50. The molecule has 0 spiro atoms. The predicted octanol–water partition coefficient (Wildman–Crippen LogP) is 5.06. The number of anilines is 2. The minimum atomic E-state index is -0.341. The van der Waals surface area contributed by atoms with Crippen molar-refractivity contribution < 1.29 is 9.13 Å². The number of hydrogen-bond donors (Lipinski definition) is 0. The van der Waals surface area contributed by atoms with Crippen LogP contribution in [-0.2, 0) is 0 Å². The van der Waals surface area contributed by atoms with Crippen molar-refractivity contribution in [3.05, 3.63) is 54.1 Å². The third-order valence-corrected chi connectivity index (χ3v) is 5.37. The third-order valence-electron chi connectivity index (χ3n) is 5.37. The maximum Gasteiger partial charge on any atom is 0.257 e. The minimum absolute atomic E-state index is 0.119. The van der Waals surface area contributed by atoms with Crippen LogP contribution in [0.15, 0.2) is 42.5 Å². The van der Waals surface area contributed by atoms with Gasteiger partial charge in [-0.2, -0.15) is 4.98 Å². The molecule has 0 N–H and O–H groups in total. The first-order valence-electron chi connectivity index (χ1n) is 10.7. The molecule has 1 atom stereocenters. The number of benzene rings is 2. The van der Waals surface area contributed by atoms with Crippen molar-refractivity contribution in [1.82, 2.24) is 19.6 Å². The molecule has 32 heavy (non-hydrogen) atoms. The monoisotopic (exact) mass is 429 g/mol. The molecular weight excluding hydrogens is 405 g/mol. The highest BCUT2D eigenvalue weighted by molar-refractivity contribution is 5.94. The van der Waals surface area contributed by atoms with Crippen molar-refractivity contribution in [3.63, 3.8) is 0 Å². The van der Waals surface area contributed by atoms with Gasteiger partial charge in [-0.3, -0.25) is 4.40 Å². The van der Waals surface area contributed by atoms with Gasteiger partial charge in [0.25, 0.3) is 5.78 Å². The average Bonchev–Trinajstić information content (AvgIpc) is 3.02. The molecule has 6 nitrogen and oxygen atoms in total. The van der Waals surface area contributed by atoms with Crippen LogP contribution in [0.4, 0.5) is 15.9 Å². The van der Waals surface area contributed by atoms with E-state index in [9.17, 15) is 0 Å². The van der Waals surface area contributed by atoms with Crippen LogP contribution in [0.3, 0.4) is 0 Å². The quantitative estimate of drug-likeness (QED) is 0.396. The molecule has 7 heteroatoms. The molecule has 0 saturated heterocycles. The summed E-state index contributed by atoms with van der Waals surface area (Å²) in [6.07, 6.45) is 0.377. The molecule has 1 aliphatic heterocycles. The Morgan fingerprint density at radius 2 is 1.91 bits per heavy atom. The van der Waals surface area contributed by atoms with Crippen LogP contribution in [0.1, 0.15) is 33.0 Å². The lowest BCUT2D eigenvalue weighted by molar-refractivity contribution is 0.258. The van der Waals surface area contributed by atoms with Gasteiger partial charge in [0.15, 0.2) is 6.10 Å². The van der Waals surface area contributed by atoms with Crippen molar-refractivity contribution in [2.45, 2.75) is 40.2 Å². The van der Waals surface area contributed by atoms with Gasteiger partial charge in [-0.1, -0.05) is 30.0 Å². The lowest BCUT2D eigenvalue weighted by Crippen LogP contribution is -2.22. The smallest absolute Gasteiger partial charge is 0.257 e. The molecule has 1 aliphatic rings. The Labute approximate surface area is 186 Å². The number of aromatic nitrogens is 4. The van der Waals surface area contributed by atoms with E-state index in [0.29, 0.717) is 47.0 Å². The van der Waals surface area contributed by atoms with E-state index in [1.807, 2.05) is 42.2 Å². The number of ether oxygens (including phenoxy) is 1. The molecule has 0 radical (unpaired) electrons. The van der Waals surface area contributed by atoms with E-state index in [2.05, 4.69) is 42.8 Å². The zero-order valence-electron chi connectivity index (χ0n) is 18.6. The van der Waals surface area contributed by atoms with Gasteiger partial charge < -0.3 is 9.64 Å². The predicted molar refractivity (Wildman–Crippen MR) is 123 cm³/mol. The van der Waals surface area contributed by atoms with E-state index in [1.54, 1.807) is 10.5 Å². The van der Waals surface area contributed by atoms with E-state index >= 15 is 4.39 Å². The van der Waals surface area contributed by atoms with Crippen LogP contribution in [0, 0.1) is 30.0 Å². The average molecular weight is 429 g/mol. The summed E-state index contributed by atoms with van der Waals surface area (Å²) in [5.41, 5.74) is 1.39. The van der Waals surface area contributed by atoms with Gasteiger partial charge in [-0.15, -0.1) is 10.2 Å². The molecule has 0 bridgehead atoms. The molecule has 2 aromatic carbocycles. The molecule has 3 heterocycles. The van der Waals surface area contributed by atoms with Crippen LogP contribution in [0.25, 0.3) is 16.7 Å². The SMILES string of the molecule is Cc1nnc2nc(N3CCC(C#CC(C)(C)C)Oc4ccccc43)c3c(F)cccc3n12. The van der Waals surface area contributed by atoms with Gasteiger partial charge in [-0.25, -0.2) is 4.39 Å². The number of halogens is 1. The molecule has 5 rings (SSSR count). The molecule has 0 saturated carbocycles. The van der Waals surface area contributed by atoms with E-state index in [0.717, 1.165) is 5.69 Å². The van der Waals surface area contributed by atoms with E-state index < -0.39 is 0 Å². The second-order valence-electron chi connectivity index (χ2n) is 8.99. The Morgan fingerprint density at radius 1 is 1.09 bits per heavy atom. The Morgan fingerprint density at radius 3 is 2.72 bits per heavy atom. The van der Waals surface area contributed by atoms with Gasteiger partial charge in [0.2, 0.25) is 0 Å². The number of hydrogen-bond acceptors (Lipinski definition) is 5. The zero-order valence-corrected chi connectivity index (χ0v) is 18.6. The summed E-state index contributed by atoms with van der Waals surface area (Å²) in [5, 5.41) is 8.78. The number of fused-ring (bicyclic) bond motifs is 4. The first-order chi connectivity index (χ1) is 15.3. The normalized spacial score (nSPS) is 16.3. The molecule has 0 amide bonds. The van der Waals surface area contributed by atoms with Crippen LogP contribution in [0.2, 0.25) is 0 Å². The van der Waals surface area contributed by atoms with Crippen molar-refractivity contribution in [1.29, 1.82) is 0 Å². The van der Waals surface area contributed by atoms with Gasteiger partial charge in [0.05, 0.1) is 16.6 Å². The fourth-order valence-electron chi connectivity index (χ4n) is 3.95. The van der Waals surface area contributed by atoms with Crippen molar-refractivity contribution >= 4 is 28.2 Å². The Kier molecular flexibility index (Phi) is 4.74. The van der Waals surface area contributed by atoms with Crippen LogP contribution < -0.4 is 9.64 Å². The highest BCUT2D eigenvalue weighted by atomic mass is 19.1. The lowest BCUT2D eigenvalue weighted by Gasteiger charge is -2.24. The second kappa shape index (κ2) is 7.49. The van der Waals surface area contributed by atoms with Crippen LogP contribution in [-0.4, -0.2) is 32.2 Å². The highest BCUT2D eigenvalue weighted by Gasteiger charge is 2.27. The summed E-state index contributed by atoms with van der Waals surface area (Å²) < 4.78 is 23.2. The van der Waals surface area contributed by atoms with Crippen molar-refractivity contribution in [2.24, 2.45) is 5.41 Å². The molecule has 0 aliphatic carbocycles. The fraction of sp³-hybridized carbons (Fsp3) is 0.320. The number of aryl methyl sites for hydroxylation is 1. The summed E-state index contributed by atoms with van der Waals surface area (Å²) in [7, 11) is 0. The van der Waals surface area contributed by atoms with E-state index in [-0.39, 0.29) is 17.3 Å². The topological polar surface area (TPSA) is 55.5 Å². The molecule has 4 aromatic rings. The first-order valence-corrected chi connectivity index (χ1v) is 10.7. The summed E-state index contributed by atoms with van der Waals surface area (Å²) in [6.45, 7) is 8.63. The molecular formula is C25H24FN5O. The Bertz CT molecular complexity index is 1390. The van der Waals surface area contributed by atoms with Crippen LogP contribution in [0.5, 0.6) is 5.75 Å². The fourth-order valence-corrected chi connectivity index (χ4v) is 3.95. The number of para-hydroxylation sites is 2. The zero-order chi connectivity index (χ0) is 22.5. The van der Waals surface area contributed by atoms with Crippen LogP contribution >= 0.6 is 0 Å². The summed E-state index contributed by atoms with van der Waals surface area (Å²) in [4.78, 5) is 6.75. The molecule has 1 unspecified atom stereocenters. The first kappa shape index (κ1) is 20.3. The van der Waals surface area contributed by atoms with Gasteiger partial charge in [0.1, 0.15) is 23.2 Å². The molecule has 2 aromatic heterocycles. The number of nitrogens with zero attached hydrogens (tertiary/aromatic N) is 5. The maximum atomic E-state index is 15.2. The molecule has 0 fully saturated rings. The maximum absolute atomic E-state index is 15.2. The van der Waals surface area contributed by atoms with Crippen molar-refractivity contribution in [2.75, 3.05) is 11.4 Å². The largest absolute Gasteiger partial charge is 0.476 e. The second-order valence-corrected chi connectivity index (χ2v) is 8.99. The number of rotatable bonds is 1.